The number of carbonyl (C=O) groups excluding carboxylic acids is 1. The first-order valence-electron chi connectivity index (χ1n) is 5.78. The Balaban J connectivity index is 0.000000459. The van der Waals surface area contributed by atoms with Gasteiger partial charge in [-0.25, -0.2) is 0 Å². The zero-order valence-corrected chi connectivity index (χ0v) is 11.0. The fraction of sp³-hybridized carbons (Fsp3) is 0.385. The molecule has 0 heterocycles. The van der Waals surface area contributed by atoms with Gasteiger partial charge >= 0.3 is 5.97 Å². The first-order valence-corrected chi connectivity index (χ1v) is 5.78. The molecule has 0 aromatic heterocycles. The van der Waals surface area contributed by atoms with Gasteiger partial charge in [-0.2, -0.15) is 0 Å². The fourth-order valence-corrected chi connectivity index (χ4v) is 1.29. The standard InChI is InChI=1S/C10H12O3.C3H8N2O/c1-7(11)9(10(12)13)8-5-3-2-4-6-8;1-2(4)3(5)6/h2-7,9,11H,1H3,(H,12,13);2H,4H2,1H3,(H2,5,6). The summed E-state index contributed by atoms with van der Waals surface area (Å²) < 4.78 is 0. The van der Waals surface area contributed by atoms with Crippen LogP contribution in [0.15, 0.2) is 30.3 Å². The molecule has 0 saturated heterocycles. The number of nitrogens with two attached hydrogens (primary N) is 2. The summed E-state index contributed by atoms with van der Waals surface area (Å²) in [6.45, 7) is 3.02. The molecule has 6 heteroatoms. The van der Waals surface area contributed by atoms with Gasteiger partial charge in [0.25, 0.3) is 0 Å². The topological polar surface area (TPSA) is 127 Å². The van der Waals surface area contributed by atoms with Crippen molar-refractivity contribution in [3.8, 4) is 0 Å². The van der Waals surface area contributed by atoms with Crippen molar-refractivity contribution >= 4 is 11.9 Å². The Hall–Kier alpha value is -1.92. The minimum atomic E-state index is -0.999. The maximum atomic E-state index is 10.8. The van der Waals surface area contributed by atoms with Crippen LogP contribution >= 0.6 is 0 Å². The van der Waals surface area contributed by atoms with E-state index in [2.05, 4.69) is 5.73 Å². The predicted octanol–water partition coefficient (Wildman–Crippen LogP) is 0.0545. The highest BCUT2D eigenvalue weighted by atomic mass is 16.4. The highest BCUT2D eigenvalue weighted by Crippen LogP contribution is 2.19. The number of carboxylic acids is 1. The Labute approximate surface area is 112 Å². The van der Waals surface area contributed by atoms with E-state index in [1.165, 1.54) is 6.92 Å². The van der Waals surface area contributed by atoms with Gasteiger partial charge in [-0.3, -0.25) is 9.59 Å². The quantitative estimate of drug-likeness (QED) is 0.614. The molecule has 0 aliphatic rings. The zero-order valence-electron chi connectivity index (χ0n) is 11.0. The van der Waals surface area contributed by atoms with Crippen molar-refractivity contribution in [1.29, 1.82) is 0 Å². The molecule has 1 aromatic carbocycles. The SMILES string of the molecule is CC(N)C(N)=O.CC(O)C(C(=O)O)c1ccccc1. The summed E-state index contributed by atoms with van der Waals surface area (Å²) in [6, 6.07) is 8.22. The molecule has 3 unspecified atom stereocenters. The van der Waals surface area contributed by atoms with Gasteiger partial charge in [0.1, 0.15) is 5.92 Å². The van der Waals surface area contributed by atoms with Gasteiger partial charge < -0.3 is 21.7 Å². The summed E-state index contributed by atoms with van der Waals surface area (Å²) in [6.07, 6.45) is -0.875. The Kier molecular flexibility index (Phi) is 7.40. The smallest absolute Gasteiger partial charge is 0.313 e. The molecule has 106 valence electrons. The van der Waals surface area contributed by atoms with Crippen LogP contribution in [0.5, 0.6) is 0 Å². The Morgan fingerprint density at radius 2 is 1.58 bits per heavy atom. The first-order chi connectivity index (χ1) is 8.77. The molecule has 0 radical (unpaired) electrons. The van der Waals surface area contributed by atoms with Crippen LogP contribution in [-0.2, 0) is 9.59 Å². The van der Waals surface area contributed by atoms with Crippen LogP contribution in [0.2, 0.25) is 0 Å². The molecular weight excluding hydrogens is 248 g/mol. The first kappa shape index (κ1) is 17.1. The van der Waals surface area contributed by atoms with E-state index in [-0.39, 0.29) is 0 Å². The number of benzene rings is 1. The second-order valence-corrected chi connectivity index (χ2v) is 4.16. The summed E-state index contributed by atoms with van der Waals surface area (Å²) in [5, 5.41) is 18.1. The number of hydrogen-bond donors (Lipinski definition) is 4. The van der Waals surface area contributed by atoms with Crippen LogP contribution in [0.4, 0.5) is 0 Å². The lowest BCUT2D eigenvalue weighted by atomic mass is 9.95. The summed E-state index contributed by atoms with van der Waals surface area (Å²) in [4.78, 5) is 20.6. The third-order valence-corrected chi connectivity index (χ3v) is 2.36. The van der Waals surface area contributed by atoms with Crippen LogP contribution in [0.3, 0.4) is 0 Å². The minimum absolute atomic E-state index is 0.463. The maximum Gasteiger partial charge on any atom is 0.313 e. The Bertz CT molecular complexity index is 404. The minimum Gasteiger partial charge on any atom is -0.481 e. The van der Waals surface area contributed by atoms with Crippen LogP contribution in [-0.4, -0.2) is 34.2 Å². The van der Waals surface area contributed by atoms with Crippen molar-refractivity contribution in [2.24, 2.45) is 11.5 Å². The Morgan fingerprint density at radius 1 is 1.16 bits per heavy atom. The van der Waals surface area contributed by atoms with Crippen LogP contribution in [0.25, 0.3) is 0 Å². The lowest BCUT2D eigenvalue weighted by Gasteiger charge is -2.14. The molecule has 3 atom stereocenters. The molecule has 1 rings (SSSR count). The average molecular weight is 268 g/mol. The van der Waals surface area contributed by atoms with E-state index in [0.717, 1.165) is 0 Å². The number of amides is 1. The number of aliphatic carboxylic acids is 1. The predicted molar refractivity (Wildman–Crippen MR) is 71.3 cm³/mol. The second kappa shape index (κ2) is 8.23. The summed E-state index contributed by atoms with van der Waals surface area (Å²) in [5.41, 5.74) is 10.3. The van der Waals surface area contributed by atoms with Gasteiger partial charge in [-0.1, -0.05) is 30.3 Å². The summed E-state index contributed by atoms with van der Waals surface area (Å²) >= 11 is 0. The van der Waals surface area contributed by atoms with E-state index in [4.69, 9.17) is 10.8 Å². The van der Waals surface area contributed by atoms with E-state index >= 15 is 0 Å². The molecule has 6 nitrogen and oxygen atoms in total. The molecule has 0 aliphatic carbocycles. The lowest BCUT2D eigenvalue weighted by molar-refractivity contribution is -0.141. The highest BCUT2D eigenvalue weighted by molar-refractivity contribution is 5.79. The molecule has 0 spiro atoms. The third kappa shape index (κ3) is 6.54. The van der Waals surface area contributed by atoms with Crippen molar-refractivity contribution in [1.82, 2.24) is 0 Å². The third-order valence-electron chi connectivity index (χ3n) is 2.36. The van der Waals surface area contributed by atoms with Gasteiger partial charge in [-0.05, 0) is 19.4 Å². The molecule has 0 fully saturated rings. The second-order valence-electron chi connectivity index (χ2n) is 4.16. The number of carboxylic acid groups (broad SMARTS) is 1. The maximum absolute atomic E-state index is 10.8. The molecule has 0 bridgehead atoms. The van der Waals surface area contributed by atoms with Crippen molar-refractivity contribution in [3.05, 3.63) is 35.9 Å². The molecule has 1 aromatic rings. The number of hydrogen-bond acceptors (Lipinski definition) is 4. The molecule has 0 saturated carbocycles. The van der Waals surface area contributed by atoms with Crippen LogP contribution in [0.1, 0.15) is 25.3 Å². The molecule has 1 amide bonds. The molecule has 0 aliphatic heterocycles. The number of primary amides is 1. The number of rotatable bonds is 4. The van der Waals surface area contributed by atoms with Gasteiger partial charge in [0, 0.05) is 0 Å². The molecule has 19 heavy (non-hydrogen) atoms. The highest BCUT2D eigenvalue weighted by Gasteiger charge is 2.24. The van der Waals surface area contributed by atoms with Crippen molar-refractivity contribution in [2.45, 2.75) is 31.9 Å². The van der Waals surface area contributed by atoms with Gasteiger partial charge in [-0.15, -0.1) is 0 Å². The zero-order chi connectivity index (χ0) is 15.0. The van der Waals surface area contributed by atoms with Crippen LogP contribution in [0, 0.1) is 0 Å². The van der Waals surface area contributed by atoms with Crippen LogP contribution < -0.4 is 11.5 Å². The number of aliphatic hydroxyl groups excluding tert-OH is 1. The van der Waals surface area contributed by atoms with Gasteiger partial charge in [0.15, 0.2) is 0 Å². The van der Waals surface area contributed by atoms with E-state index in [0.29, 0.717) is 5.56 Å². The van der Waals surface area contributed by atoms with E-state index in [1.807, 2.05) is 6.07 Å². The Morgan fingerprint density at radius 3 is 1.84 bits per heavy atom. The monoisotopic (exact) mass is 268 g/mol. The van der Waals surface area contributed by atoms with Crippen molar-refractivity contribution < 1.29 is 19.8 Å². The van der Waals surface area contributed by atoms with E-state index in [9.17, 15) is 14.7 Å². The largest absolute Gasteiger partial charge is 0.481 e. The normalized spacial score (nSPS) is 14.5. The molecular formula is C13H20N2O4. The fourth-order valence-electron chi connectivity index (χ4n) is 1.29. The van der Waals surface area contributed by atoms with E-state index in [1.54, 1.807) is 31.2 Å². The van der Waals surface area contributed by atoms with E-state index < -0.39 is 29.9 Å². The average Bonchev–Trinajstić information content (AvgIpc) is 2.30. The number of carbonyl (C=O) groups is 2. The van der Waals surface area contributed by atoms with Gasteiger partial charge in [0.05, 0.1) is 12.1 Å². The molecule has 6 N–H and O–H groups in total. The van der Waals surface area contributed by atoms with Crippen molar-refractivity contribution in [2.75, 3.05) is 0 Å². The van der Waals surface area contributed by atoms with Gasteiger partial charge in [0.2, 0.25) is 5.91 Å². The summed E-state index contributed by atoms with van der Waals surface area (Å²) in [5.74, 6) is -2.29. The number of aliphatic hydroxyl groups is 1. The van der Waals surface area contributed by atoms with Crippen molar-refractivity contribution in [3.63, 3.8) is 0 Å². The lowest BCUT2D eigenvalue weighted by Crippen LogP contribution is -2.32. The summed E-state index contributed by atoms with van der Waals surface area (Å²) in [7, 11) is 0.